The van der Waals surface area contributed by atoms with E-state index in [0.717, 1.165) is 95.8 Å². The number of imide groups is 1. The predicted octanol–water partition coefficient (Wildman–Crippen LogP) is 2.96. The summed E-state index contributed by atoms with van der Waals surface area (Å²) in [7, 11) is 5.26. The summed E-state index contributed by atoms with van der Waals surface area (Å²) >= 11 is 0. The predicted molar refractivity (Wildman–Crippen MR) is 217 cm³/mol. The van der Waals surface area contributed by atoms with Crippen molar-refractivity contribution < 1.29 is 42.7 Å². The number of pyridine rings is 1. The zero-order valence-electron chi connectivity index (χ0n) is 33.8. The van der Waals surface area contributed by atoms with Gasteiger partial charge in [0.1, 0.15) is 17.5 Å². The average molecular weight is 766 g/mol. The van der Waals surface area contributed by atoms with Crippen molar-refractivity contribution in [3.63, 3.8) is 0 Å². The SMILES string of the molecule is O=C1CCC(N2Cc3c[c-]ccc3C2=O)C(=O)N1.[CH2-]CC(C[CH2-])C1CCN(Cc2c(OC)cc(-c3cn(C)c(=O)c4ccc(N5CCC5)cc34)cc2OC)CC1.[Li+]. The van der Waals surface area contributed by atoms with Crippen LogP contribution in [-0.2, 0) is 29.7 Å². The fraction of sp³-hybridized carbons (Fsp3) is 0.422. The second kappa shape index (κ2) is 18.4. The van der Waals surface area contributed by atoms with Crippen LogP contribution in [0.3, 0.4) is 0 Å². The summed E-state index contributed by atoms with van der Waals surface area (Å²) in [6.07, 6.45) is 8.12. The number of hydrogen-bond donors (Lipinski definition) is 1. The molecular formula is C45H52LiN5O6-2. The van der Waals surface area contributed by atoms with E-state index in [-0.39, 0.29) is 48.6 Å². The first-order valence-electron chi connectivity index (χ1n) is 19.7. The number of ether oxygens (including phenoxy) is 2. The Morgan fingerprint density at radius 3 is 2.19 bits per heavy atom. The molecule has 0 aliphatic carbocycles. The first kappa shape index (κ1) is 42.1. The van der Waals surface area contributed by atoms with Gasteiger partial charge in [0.15, 0.2) is 0 Å². The molecule has 0 radical (unpaired) electrons. The van der Waals surface area contributed by atoms with E-state index >= 15 is 0 Å². The maximum absolute atomic E-state index is 13.0. The van der Waals surface area contributed by atoms with Gasteiger partial charge in [-0.25, -0.2) is 0 Å². The number of likely N-dealkylation sites (tertiary alicyclic amines) is 1. The third kappa shape index (κ3) is 8.67. The summed E-state index contributed by atoms with van der Waals surface area (Å²) in [6, 6.07) is 17.9. The number of methoxy groups -OCH3 is 2. The Balaban J connectivity index is 0.000000241. The van der Waals surface area contributed by atoms with Gasteiger partial charge >= 0.3 is 18.9 Å². The van der Waals surface area contributed by atoms with Crippen LogP contribution in [0.15, 0.2) is 59.5 Å². The second-order valence-corrected chi connectivity index (χ2v) is 15.3. The molecule has 0 saturated carbocycles. The summed E-state index contributed by atoms with van der Waals surface area (Å²) in [6.45, 7) is 13.7. The number of piperidine rings is 2. The van der Waals surface area contributed by atoms with Crippen LogP contribution in [0.1, 0.15) is 66.4 Å². The summed E-state index contributed by atoms with van der Waals surface area (Å²) in [5.74, 6) is 2.18. The van der Waals surface area contributed by atoms with Crippen molar-refractivity contribution in [1.82, 2.24) is 19.7 Å². The summed E-state index contributed by atoms with van der Waals surface area (Å²) < 4.78 is 13.6. The van der Waals surface area contributed by atoms with Gasteiger partial charge in [-0.2, -0.15) is 37.1 Å². The molecule has 4 aliphatic heterocycles. The minimum atomic E-state index is -0.539. The molecule has 1 unspecified atom stereocenters. The van der Waals surface area contributed by atoms with Crippen molar-refractivity contribution >= 4 is 34.2 Å². The number of carbonyl (C=O) groups excluding carboxylic acids is 3. The van der Waals surface area contributed by atoms with E-state index in [1.165, 1.54) is 24.2 Å². The Bertz CT molecular complexity index is 2150. The standard InChI is InChI=1S/C32H41N3O3.C13H11N2O3.Li/c1-6-22(7-2)23-11-15-34(16-12-23)21-29-30(37-4)17-24(18-31(29)38-5)28-20-33(3)32(36)26-10-9-25(19-27(26)28)35-13-8-14-35;16-11-6-5-10(12(17)14-11)15-7-8-3-1-2-4-9(8)13(15)18;/h9-10,17-20,22-23H,1-2,6-8,11-16,21H2,3-5H3;2-4,10H,5-7H2,(H,14,16,17);/q-2;-1;+1. The molecule has 4 aliphatic rings. The molecule has 5 heterocycles. The number of carbonyl (C=O) groups is 3. The third-order valence-corrected chi connectivity index (χ3v) is 12.1. The molecule has 57 heavy (non-hydrogen) atoms. The number of anilines is 1. The first-order chi connectivity index (χ1) is 27.1. The van der Waals surface area contributed by atoms with Gasteiger partial charge in [-0.3, -0.25) is 29.4 Å². The van der Waals surface area contributed by atoms with E-state index in [1.807, 2.05) is 19.3 Å². The van der Waals surface area contributed by atoms with Gasteiger partial charge in [0, 0.05) is 62.5 Å². The number of aromatic nitrogens is 1. The number of rotatable bonds is 10. The third-order valence-electron chi connectivity index (χ3n) is 12.1. The van der Waals surface area contributed by atoms with Gasteiger partial charge in [0.25, 0.3) is 5.56 Å². The van der Waals surface area contributed by atoms with Gasteiger partial charge in [0.05, 0.1) is 19.8 Å². The molecule has 0 bridgehead atoms. The van der Waals surface area contributed by atoms with Crippen LogP contribution < -0.4 is 44.1 Å². The molecule has 1 N–H and O–H groups in total. The molecule has 0 spiro atoms. The molecule has 8 rings (SSSR count). The quantitative estimate of drug-likeness (QED) is 0.149. The fourth-order valence-electron chi connectivity index (χ4n) is 8.62. The molecule has 12 heteroatoms. The Morgan fingerprint density at radius 1 is 0.895 bits per heavy atom. The normalized spacial score (nSPS) is 18.4. The van der Waals surface area contributed by atoms with Crippen LogP contribution >= 0.6 is 0 Å². The maximum Gasteiger partial charge on any atom is 1.00 e. The Hall–Kier alpha value is -4.56. The monoisotopic (exact) mass is 765 g/mol. The van der Waals surface area contributed by atoms with Crippen molar-refractivity contribution in [2.45, 2.75) is 64.1 Å². The van der Waals surface area contributed by atoms with E-state index < -0.39 is 6.04 Å². The molecule has 3 aromatic carbocycles. The van der Waals surface area contributed by atoms with E-state index in [2.05, 4.69) is 59.3 Å². The van der Waals surface area contributed by atoms with Crippen molar-refractivity contribution in [1.29, 1.82) is 0 Å². The van der Waals surface area contributed by atoms with Crippen LogP contribution in [0.4, 0.5) is 5.69 Å². The van der Waals surface area contributed by atoms with Crippen molar-refractivity contribution in [3.05, 3.63) is 102 Å². The zero-order valence-corrected chi connectivity index (χ0v) is 33.8. The summed E-state index contributed by atoms with van der Waals surface area (Å²) in [4.78, 5) is 54.4. The molecule has 1 atom stereocenters. The number of amides is 3. The van der Waals surface area contributed by atoms with Crippen LogP contribution in [0.2, 0.25) is 0 Å². The minimum absolute atomic E-state index is 0. The van der Waals surface area contributed by atoms with E-state index in [0.29, 0.717) is 30.4 Å². The minimum Gasteiger partial charge on any atom is -0.496 e. The largest absolute Gasteiger partial charge is 1.00 e. The topological polar surface area (TPSA) is 113 Å². The van der Waals surface area contributed by atoms with E-state index in [4.69, 9.17) is 9.47 Å². The van der Waals surface area contributed by atoms with Crippen molar-refractivity contribution in [2.75, 3.05) is 45.3 Å². The number of benzene rings is 3. The zero-order chi connectivity index (χ0) is 39.5. The Kier molecular flexibility index (Phi) is 13.5. The van der Waals surface area contributed by atoms with Gasteiger partial charge in [-0.05, 0) is 86.0 Å². The molecule has 4 aromatic rings. The maximum atomic E-state index is 13.0. The molecule has 1 aromatic heterocycles. The summed E-state index contributed by atoms with van der Waals surface area (Å²) in [5, 5.41) is 3.96. The van der Waals surface area contributed by atoms with Gasteiger partial charge in [0.2, 0.25) is 17.7 Å². The molecule has 11 nitrogen and oxygen atoms in total. The van der Waals surface area contributed by atoms with Gasteiger partial charge < -0.3 is 37.7 Å². The summed E-state index contributed by atoms with van der Waals surface area (Å²) in [5.41, 5.74) is 5.73. The fourth-order valence-corrected chi connectivity index (χ4v) is 8.62. The van der Waals surface area contributed by atoms with Gasteiger partial charge in [-0.15, -0.1) is 5.56 Å². The number of nitrogens with zero attached hydrogens (tertiary/aromatic N) is 4. The molecule has 296 valence electrons. The Morgan fingerprint density at radius 2 is 1.60 bits per heavy atom. The van der Waals surface area contributed by atoms with Crippen LogP contribution in [-0.4, -0.2) is 78.5 Å². The average Bonchev–Trinajstić information content (AvgIpc) is 3.52. The molecule has 3 saturated heterocycles. The van der Waals surface area contributed by atoms with E-state index in [9.17, 15) is 19.2 Å². The molecule has 3 amide bonds. The number of nitrogens with one attached hydrogen (secondary N) is 1. The molecule has 3 fully saturated rings. The van der Waals surface area contributed by atoms with Crippen LogP contribution in [0.25, 0.3) is 21.9 Å². The van der Waals surface area contributed by atoms with E-state index in [1.54, 1.807) is 37.0 Å². The number of hydrogen-bond acceptors (Lipinski definition) is 8. The number of fused-ring (bicyclic) bond motifs is 2. The van der Waals surface area contributed by atoms with Gasteiger partial charge in [-0.1, -0.05) is 11.5 Å². The van der Waals surface area contributed by atoms with Crippen molar-refractivity contribution in [2.24, 2.45) is 18.9 Å². The molecular weight excluding hydrogens is 713 g/mol. The van der Waals surface area contributed by atoms with Crippen LogP contribution in [0, 0.1) is 31.7 Å². The first-order valence-corrected chi connectivity index (χ1v) is 19.7. The van der Waals surface area contributed by atoms with Crippen LogP contribution in [0.5, 0.6) is 11.5 Å². The Labute approximate surface area is 347 Å². The number of aryl methyl sites for hydroxylation is 1. The van der Waals surface area contributed by atoms with Crippen molar-refractivity contribution in [3.8, 4) is 22.6 Å². The second-order valence-electron chi connectivity index (χ2n) is 15.3. The smallest absolute Gasteiger partial charge is 0.496 e.